The number of carbonyl (C=O) groups is 1. The molecule has 1 unspecified atom stereocenters. The predicted molar refractivity (Wildman–Crippen MR) is 97.3 cm³/mol. The van der Waals surface area contributed by atoms with Crippen molar-refractivity contribution in [2.45, 2.75) is 19.1 Å². The highest BCUT2D eigenvalue weighted by molar-refractivity contribution is 5.83. The van der Waals surface area contributed by atoms with E-state index in [2.05, 4.69) is 18.7 Å². The van der Waals surface area contributed by atoms with E-state index in [1.54, 1.807) is 19.2 Å². The first kappa shape index (κ1) is 18.2. The van der Waals surface area contributed by atoms with Crippen LogP contribution in [0.25, 0.3) is 0 Å². The molecule has 0 fully saturated rings. The maximum Gasteiger partial charge on any atom is 0.335 e. The third-order valence-electron chi connectivity index (χ3n) is 4.22. The summed E-state index contributed by atoms with van der Waals surface area (Å²) in [6, 6.07) is 13.3. The molecule has 0 bridgehead atoms. The van der Waals surface area contributed by atoms with E-state index in [4.69, 9.17) is 18.9 Å². The number of hydrogen-bond donors (Lipinski definition) is 0. The number of esters is 1. The minimum Gasteiger partial charge on any atom is -0.491 e. The van der Waals surface area contributed by atoms with E-state index in [1.807, 2.05) is 18.2 Å². The highest BCUT2D eigenvalue weighted by atomic mass is 16.5. The molecule has 3 rings (SSSR count). The molecule has 0 N–H and O–H groups in total. The zero-order valence-corrected chi connectivity index (χ0v) is 14.8. The second-order valence-corrected chi connectivity index (χ2v) is 5.96. The minimum absolute atomic E-state index is 0.231. The number of fused-ring (bicyclic) bond motifs is 1. The van der Waals surface area contributed by atoms with Crippen molar-refractivity contribution in [3.05, 3.63) is 71.8 Å². The van der Waals surface area contributed by atoms with Gasteiger partial charge in [-0.3, -0.25) is 0 Å². The molecular formula is C21H22O5. The Hall–Kier alpha value is -2.63. The minimum atomic E-state index is -0.472. The van der Waals surface area contributed by atoms with Gasteiger partial charge in [-0.1, -0.05) is 24.8 Å². The molecule has 5 heteroatoms. The van der Waals surface area contributed by atoms with Gasteiger partial charge in [-0.25, -0.2) is 4.79 Å². The Bertz CT molecular complexity index is 766. The summed E-state index contributed by atoms with van der Waals surface area (Å²) in [7, 11) is 1.73. The van der Waals surface area contributed by atoms with Crippen LogP contribution in [0.4, 0.5) is 0 Å². The molecule has 0 aliphatic heterocycles. The molecule has 0 radical (unpaired) electrons. The summed E-state index contributed by atoms with van der Waals surface area (Å²) >= 11 is 0. The smallest absolute Gasteiger partial charge is 0.335 e. The summed E-state index contributed by atoms with van der Waals surface area (Å²) in [4.78, 5) is 11.1. The summed E-state index contributed by atoms with van der Waals surface area (Å²) < 4.78 is 21.7. The van der Waals surface area contributed by atoms with Crippen molar-refractivity contribution in [3.63, 3.8) is 0 Å². The second kappa shape index (κ2) is 8.65. The van der Waals surface area contributed by atoms with E-state index in [0.29, 0.717) is 25.6 Å². The van der Waals surface area contributed by atoms with E-state index in [9.17, 15) is 4.79 Å². The first-order valence-corrected chi connectivity index (χ1v) is 8.49. The monoisotopic (exact) mass is 354 g/mol. The van der Waals surface area contributed by atoms with Gasteiger partial charge < -0.3 is 18.9 Å². The third kappa shape index (κ3) is 4.50. The molecule has 0 heterocycles. The van der Waals surface area contributed by atoms with Crippen molar-refractivity contribution in [1.82, 2.24) is 0 Å². The zero-order valence-electron chi connectivity index (χ0n) is 14.8. The standard InChI is InChI=1S/C21H22O5/c1-3-21(22)26-17-6-4-15(5-7-17)14-24-10-11-25-18-8-9-19-16(12-18)13-20(19)23-2/h3-9,12,20H,1,10-11,13-14H2,2H3. The number of ether oxygens (including phenoxy) is 4. The maximum atomic E-state index is 11.1. The quantitative estimate of drug-likeness (QED) is 0.298. The molecule has 0 aromatic heterocycles. The van der Waals surface area contributed by atoms with Crippen LogP contribution in [0.5, 0.6) is 11.5 Å². The molecule has 5 nitrogen and oxygen atoms in total. The van der Waals surface area contributed by atoms with Crippen LogP contribution in [0.1, 0.15) is 22.8 Å². The Morgan fingerprint density at radius 2 is 1.92 bits per heavy atom. The molecule has 0 saturated carbocycles. The van der Waals surface area contributed by atoms with Crippen molar-refractivity contribution in [2.75, 3.05) is 20.3 Å². The lowest BCUT2D eigenvalue weighted by atomic mass is 9.85. The normalized spacial score (nSPS) is 14.9. The largest absolute Gasteiger partial charge is 0.491 e. The van der Waals surface area contributed by atoms with E-state index in [0.717, 1.165) is 23.8 Å². The van der Waals surface area contributed by atoms with E-state index in [1.165, 1.54) is 11.1 Å². The van der Waals surface area contributed by atoms with Crippen LogP contribution in [0.3, 0.4) is 0 Å². The molecule has 1 aliphatic rings. The molecule has 136 valence electrons. The summed E-state index contributed by atoms with van der Waals surface area (Å²) in [6.45, 7) is 4.81. The van der Waals surface area contributed by atoms with Gasteiger partial charge in [0.15, 0.2) is 0 Å². The number of benzene rings is 2. The van der Waals surface area contributed by atoms with Crippen LogP contribution in [-0.4, -0.2) is 26.3 Å². The second-order valence-electron chi connectivity index (χ2n) is 5.96. The Labute approximate surface area is 153 Å². The summed E-state index contributed by atoms with van der Waals surface area (Å²) in [5.74, 6) is 0.869. The molecule has 0 amide bonds. The summed E-state index contributed by atoms with van der Waals surface area (Å²) in [5.41, 5.74) is 3.53. The third-order valence-corrected chi connectivity index (χ3v) is 4.22. The van der Waals surface area contributed by atoms with Crippen molar-refractivity contribution in [2.24, 2.45) is 0 Å². The zero-order chi connectivity index (χ0) is 18.4. The van der Waals surface area contributed by atoms with Crippen molar-refractivity contribution < 1.29 is 23.7 Å². The SMILES string of the molecule is C=CC(=O)Oc1ccc(COCCOc2ccc3c(c2)CC3OC)cc1. The van der Waals surface area contributed by atoms with Gasteiger partial charge in [0, 0.05) is 19.6 Å². The first-order chi connectivity index (χ1) is 12.7. The average Bonchev–Trinajstić information content (AvgIpc) is 2.64. The topological polar surface area (TPSA) is 54.0 Å². The van der Waals surface area contributed by atoms with E-state index >= 15 is 0 Å². The summed E-state index contributed by atoms with van der Waals surface area (Å²) in [6.07, 6.45) is 2.30. The fraction of sp³-hybridized carbons (Fsp3) is 0.286. The van der Waals surface area contributed by atoms with Crippen LogP contribution in [0, 0.1) is 0 Å². The molecule has 1 aliphatic carbocycles. The van der Waals surface area contributed by atoms with Crippen LogP contribution in [0.15, 0.2) is 55.1 Å². The molecule has 26 heavy (non-hydrogen) atoms. The molecule has 0 spiro atoms. The Morgan fingerprint density at radius 1 is 1.15 bits per heavy atom. The fourth-order valence-electron chi connectivity index (χ4n) is 2.77. The van der Waals surface area contributed by atoms with Gasteiger partial charge in [-0.2, -0.15) is 0 Å². The number of carbonyl (C=O) groups excluding carboxylic acids is 1. The Kier molecular flexibility index (Phi) is 6.04. The van der Waals surface area contributed by atoms with Crippen LogP contribution in [-0.2, 0) is 27.3 Å². The van der Waals surface area contributed by atoms with Gasteiger partial charge in [0.2, 0.25) is 0 Å². The predicted octanol–water partition coefficient (Wildman–Crippen LogP) is 3.62. The molecule has 1 atom stereocenters. The van der Waals surface area contributed by atoms with E-state index < -0.39 is 5.97 Å². The van der Waals surface area contributed by atoms with Gasteiger partial charge in [0.05, 0.1) is 19.3 Å². The lowest BCUT2D eigenvalue weighted by Crippen LogP contribution is -2.18. The van der Waals surface area contributed by atoms with Gasteiger partial charge in [0.25, 0.3) is 0 Å². The molecular weight excluding hydrogens is 332 g/mol. The molecule has 0 saturated heterocycles. The van der Waals surface area contributed by atoms with Crippen molar-refractivity contribution in [1.29, 1.82) is 0 Å². The number of rotatable bonds is 9. The Morgan fingerprint density at radius 3 is 2.62 bits per heavy atom. The average molecular weight is 354 g/mol. The molecule has 2 aromatic carbocycles. The maximum absolute atomic E-state index is 11.1. The van der Waals surface area contributed by atoms with Gasteiger partial charge in [-0.05, 0) is 41.0 Å². The summed E-state index contributed by atoms with van der Waals surface area (Å²) in [5, 5.41) is 0. The van der Waals surface area contributed by atoms with Crippen molar-refractivity contribution in [3.8, 4) is 11.5 Å². The lowest BCUT2D eigenvalue weighted by molar-refractivity contribution is -0.128. The van der Waals surface area contributed by atoms with E-state index in [-0.39, 0.29) is 6.10 Å². The van der Waals surface area contributed by atoms with Crippen molar-refractivity contribution >= 4 is 5.97 Å². The highest BCUT2D eigenvalue weighted by Crippen LogP contribution is 2.37. The Balaban J connectivity index is 1.36. The van der Waals surface area contributed by atoms with Crippen LogP contribution < -0.4 is 9.47 Å². The van der Waals surface area contributed by atoms with Crippen LogP contribution in [0.2, 0.25) is 0 Å². The first-order valence-electron chi connectivity index (χ1n) is 8.49. The number of methoxy groups -OCH3 is 1. The highest BCUT2D eigenvalue weighted by Gasteiger charge is 2.25. The van der Waals surface area contributed by atoms with Crippen LogP contribution >= 0.6 is 0 Å². The van der Waals surface area contributed by atoms with Gasteiger partial charge in [0.1, 0.15) is 18.1 Å². The molecule has 2 aromatic rings. The fourth-order valence-corrected chi connectivity index (χ4v) is 2.77. The lowest BCUT2D eigenvalue weighted by Gasteiger charge is -2.29. The number of hydrogen-bond acceptors (Lipinski definition) is 5. The van der Waals surface area contributed by atoms with Gasteiger partial charge >= 0.3 is 5.97 Å². The van der Waals surface area contributed by atoms with Gasteiger partial charge in [-0.15, -0.1) is 0 Å².